The normalized spacial score (nSPS) is 10.5. The van der Waals surface area contributed by atoms with Crippen LogP contribution in [0.4, 0.5) is 10.1 Å². The maximum atomic E-state index is 13.1. The highest BCUT2D eigenvalue weighted by molar-refractivity contribution is 6.33. The van der Waals surface area contributed by atoms with E-state index < -0.39 is 24.3 Å². The molecule has 0 radical (unpaired) electrons. The number of aryl methyl sites for hydroxylation is 1. The number of methoxy groups -OCH3 is 1. The van der Waals surface area contributed by atoms with E-state index >= 15 is 0 Å². The number of carbonyl (C=O) groups excluding carboxylic acids is 2. The third-order valence-corrected chi connectivity index (χ3v) is 4.32. The van der Waals surface area contributed by atoms with Crippen molar-refractivity contribution >= 4 is 29.2 Å². The first-order chi connectivity index (χ1) is 13.9. The SMILES string of the molecule is COc1cccc(NC(=O)COC(=O)c2c(C)nn(-c3ccc(F)cc3)c2Cl)c1. The number of amides is 1. The third kappa shape index (κ3) is 4.72. The van der Waals surface area contributed by atoms with Crippen molar-refractivity contribution in [3.63, 3.8) is 0 Å². The van der Waals surface area contributed by atoms with Gasteiger partial charge in [0.05, 0.1) is 18.5 Å². The van der Waals surface area contributed by atoms with Crippen molar-refractivity contribution in [1.82, 2.24) is 9.78 Å². The smallest absolute Gasteiger partial charge is 0.343 e. The minimum absolute atomic E-state index is 0.00677. The number of halogens is 2. The Morgan fingerprint density at radius 1 is 1.21 bits per heavy atom. The highest BCUT2D eigenvalue weighted by atomic mass is 35.5. The van der Waals surface area contributed by atoms with Crippen LogP contribution in [0.1, 0.15) is 16.1 Å². The monoisotopic (exact) mass is 417 g/mol. The lowest BCUT2D eigenvalue weighted by atomic mass is 10.2. The maximum absolute atomic E-state index is 13.1. The van der Waals surface area contributed by atoms with Crippen LogP contribution in [-0.4, -0.2) is 35.4 Å². The number of nitrogens with one attached hydrogen (secondary N) is 1. The van der Waals surface area contributed by atoms with E-state index in [1.807, 2.05) is 0 Å². The third-order valence-electron chi connectivity index (χ3n) is 3.97. The topological polar surface area (TPSA) is 82.4 Å². The molecule has 3 rings (SSSR count). The number of ether oxygens (including phenoxy) is 2. The highest BCUT2D eigenvalue weighted by Crippen LogP contribution is 2.24. The number of anilines is 1. The molecule has 0 aliphatic heterocycles. The van der Waals surface area contributed by atoms with Crippen molar-refractivity contribution in [2.24, 2.45) is 0 Å². The van der Waals surface area contributed by atoms with Gasteiger partial charge in [0.1, 0.15) is 22.3 Å². The zero-order valence-electron chi connectivity index (χ0n) is 15.6. The molecule has 0 unspecified atom stereocenters. The van der Waals surface area contributed by atoms with E-state index in [-0.39, 0.29) is 10.7 Å². The summed E-state index contributed by atoms with van der Waals surface area (Å²) >= 11 is 6.27. The number of rotatable bonds is 6. The number of aromatic nitrogens is 2. The largest absolute Gasteiger partial charge is 0.497 e. The molecule has 0 spiro atoms. The van der Waals surface area contributed by atoms with E-state index in [1.165, 1.54) is 36.1 Å². The van der Waals surface area contributed by atoms with Gasteiger partial charge in [-0.15, -0.1) is 0 Å². The van der Waals surface area contributed by atoms with Gasteiger partial charge < -0.3 is 14.8 Å². The first-order valence-electron chi connectivity index (χ1n) is 8.51. The molecule has 7 nitrogen and oxygen atoms in total. The molecule has 150 valence electrons. The Hall–Kier alpha value is -3.39. The Labute approximate surface area is 171 Å². The average molecular weight is 418 g/mol. The van der Waals surface area contributed by atoms with Crippen molar-refractivity contribution in [2.75, 3.05) is 19.0 Å². The van der Waals surface area contributed by atoms with Crippen LogP contribution in [0.3, 0.4) is 0 Å². The Bertz CT molecular complexity index is 1050. The Morgan fingerprint density at radius 3 is 2.62 bits per heavy atom. The van der Waals surface area contributed by atoms with Crippen molar-refractivity contribution in [2.45, 2.75) is 6.92 Å². The van der Waals surface area contributed by atoms with E-state index in [2.05, 4.69) is 10.4 Å². The van der Waals surface area contributed by atoms with Crippen LogP contribution in [0, 0.1) is 12.7 Å². The summed E-state index contributed by atoms with van der Waals surface area (Å²) in [5, 5.41) is 6.80. The van der Waals surface area contributed by atoms with Gasteiger partial charge in [0.15, 0.2) is 6.61 Å². The lowest BCUT2D eigenvalue weighted by molar-refractivity contribution is -0.119. The molecule has 1 amide bonds. The fourth-order valence-corrected chi connectivity index (χ4v) is 2.93. The second kappa shape index (κ2) is 8.74. The molecule has 1 N–H and O–H groups in total. The predicted molar refractivity (Wildman–Crippen MR) is 105 cm³/mol. The summed E-state index contributed by atoms with van der Waals surface area (Å²) in [6, 6.07) is 12.2. The highest BCUT2D eigenvalue weighted by Gasteiger charge is 2.23. The molecule has 0 saturated carbocycles. The molecule has 0 atom stereocenters. The van der Waals surface area contributed by atoms with Crippen LogP contribution < -0.4 is 10.1 Å². The first kappa shape index (κ1) is 20.3. The number of nitrogens with zero attached hydrogens (tertiary/aromatic N) is 2. The first-order valence-corrected chi connectivity index (χ1v) is 8.89. The lowest BCUT2D eigenvalue weighted by Crippen LogP contribution is -2.21. The van der Waals surface area contributed by atoms with Crippen LogP contribution in [-0.2, 0) is 9.53 Å². The van der Waals surface area contributed by atoms with Gasteiger partial charge in [0.25, 0.3) is 5.91 Å². The van der Waals surface area contributed by atoms with Gasteiger partial charge in [-0.2, -0.15) is 5.10 Å². The summed E-state index contributed by atoms with van der Waals surface area (Å²) in [5.41, 5.74) is 1.33. The van der Waals surface area contributed by atoms with Gasteiger partial charge in [0.2, 0.25) is 0 Å². The van der Waals surface area contributed by atoms with E-state index in [1.54, 1.807) is 31.2 Å². The minimum atomic E-state index is -0.790. The van der Waals surface area contributed by atoms with Gasteiger partial charge in [0, 0.05) is 11.8 Å². The number of benzene rings is 2. The summed E-state index contributed by atoms with van der Waals surface area (Å²) in [6.45, 7) is 1.08. The van der Waals surface area contributed by atoms with E-state index in [0.29, 0.717) is 22.8 Å². The van der Waals surface area contributed by atoms with Gasteiger partial charge in [-0.25, -0.2) is 13.9 Å². The van der Waals surface area contributed by atoms with Crippen LogP contribution in [0.2, 0.25) is 5.15 Å². The molecule has 0 aliphatic carbocycles. The summed E-state index contributed by atoms with van der Waals surface area (Å²) in [5.74, 6) is -1.14. The van der Waals surface area contributed by atoms with Crippen molar-refractivity contribution in [3.05, 3.63) is 70.8 Å². The summed E-state index contributed by atoms with van der Waals surface area (Å²) < 4.78 is 24.6. The fraction of sp³-hybridized carbons (Fsp3) is 0.150. The molecular weight excluding hydrogens is 401 g/mol. The molecule has 29 heavy (non-hydrogen) atoms. The van der Waals surface area contributed by atoms with Crippen LogP contribution in [0.25, 0.3) is 5.69 Å². The van der Waals surface area contributed by atoms with Gasteiger partial charge in [-0.3, -0.25) is 4.79 Å². The number of hydrogen-bond donors (Lipinski definition) is 1. The molecule has 1 heterocycles. The average Bonchev–Trinajstić information content (AvgIpc) is 3.01. The van der Waals surface area contributed by atoms with E-state index in [0.717, 1.165) is 0 Å². The molecule has 2 aromatic carbocycles. The molecule has 0 fully saturated rings. The molecular formula is C20H17ClFN3O4. The molecule has 3 aromatic rings. The fourth-order valence-electron chi connectivity index (χ4n) is 2.59. The zero-order valence-corrected chi connectivity index (χ0v) is 16.4. The Balaban J connectivity index is 1.67. The molecule has 1 aromatic heterocycles. The molecule has 0 bridgehead atoms. The quantitative estimate of drug-likeness (QED) is 0.617. The summed E-state index contributed by atoms with van der Waals surface area (Å²) in [6.07, 6.45) is 0. The van der Waals surface area contributed by atoms with E-state index in [9.17, 15) is 14.0 Å². The second-order valence-corrected chi connectivity index (χ2v) is 6.35. The molecule has 0 aliphatic rings. The Morgan fingerprint density at radius 2 is 1.93 bits per heavy atom. The second-order valence-electron chi connectivity index (χ2n) is 6.00. The predicted octanol–water partition coefficient (Wildman–Crippen LogP) is 3.78. The maximum Gasteiger partial charge on any atom is 0.343 e. The van der Waals surface area contributed by atoms with Crippen LogP contribution in [0.5, 0.6) is 5.75 Å². The van der Waals surface area contributed by atoms with Crippen LogP contribution >= 0.6 is 11.6 Å². The minimum Gasteiger partial charge on any atom is -0.497 e. The van der Waals surface area contributed by atoms with Crippen molar-refractivity contribution in [3.8, 4) is 11.4 Å². The number of carbonyl (C=O) groups is 2. The summed E-state index contributed by atoms with van der Waals surface area (Å²) in [7, 11) is 1.51. The summed E-state index contributed by atoms with van der Waals surface area (Å²) in [4.78, 5) is 24.5. The van der Waals surface area contributed by atoms with Crippen molar-refractivity contribution < 1.29 is 23.5 Å². The number of hydrogen-bond acceptors (Lipinski definition) is 5. The molecule has 9 heteroatoms. The van der Waals surface area contributed by atoms with Gasteiger partial charge >= 0.3 is 5.97 Å². The van der Waals surface area contributed by atoms with Crippen LogP contribution in [0.15, 0.2) is 48.5 Å². The standard InChI is InChI=1S/C20H17ClFN3O4/c1-12-18(19(21)25(24-12)15-8-6-13(22)7-9-15)20(27)29-11-17(26)23-14-4-3-5-16(10-14)28-2/h3-10H,11H2,1-2H3,(H,23,26). The van der Waals surface area contributed by atoms with Gasteiger partial charge in [-0.1, -0.05) is 17.7 Å². The molecule has 0 saturated heterocycles. The van der Waals surface area contributed by atoms with E-state index in [4.69, 9.17) is 21.1 Å². The Kier molecular flexibility index (Phi) is 6.13. The number of esters is 1. The lowest BCUT2D eigenvalue weighted by Gasteiger charge is -2.08. The zero-order chi connectivity index (χ0) is 21.0. The van der Waals surface area contributed by atoms with Crippen molar-refractivity contribution in [1.29, 1.82) is 0 Å². The van der Waals surface area contributed by atoms with Gasteiger partial charge in [-0.05, 0) is 43.3 Å².